The van der Waals surface area contributed by atoms with Crippen LogP contribution in [0.1, 0.15) is 25.0 Å². The standard InChI is InChI=1S/C37H30NO.ClHO4/c1-37(2)31-20-12-13-21-32(31)38(3)34(37)23-22-29-27-18-10-11-19-28(27)35-30(25-14-6-4-7-15-25)24-33(39-36(29)35)26-16-8-5-9-17-26;2-1(3,4)5/h4-24H,1-3H3;(H,2,3,4,5)/q+1;/p-1. The molecule has 0 fully saturated rings. The van der Waals surface area contributed by atoms with Gasteiger partial charge in [-0.05, 0) is 47.9 Å². The minimum atomic E-state index is -4.94. The first-order valence-electron chi connectivity index (χ1n) is 14.1. The molecule has 4 aromatic carbocycles. The fourth-order valence-corrected chi connectivity index (χ4v) is 6.25. The zero-order chi connectivity index (χ0) is 31.1. The van der Waals surface area contributed by atoms with Crippen molar-refractivity contribution in [2.45, 2.75) is 19.3 Å². The van der Waals surface area contributed by atoms with Crippen LogP contribution in [0, 0.1) is 10.2 Å². The number of rotatable bonds is 4. The van der Waals surface area contributed by atoms with Crippen molar-refractivity contribution in [1.82, 2.24) is 0 Å². The Morgan fingerprint density at radius 1 is 0.682 bits per heavy atom. The predicted octanol–water partition coefficient (Wildman–Crippen LogP) is 4.84. The quantitative estimate of drug-likeness (QED) is 0.268. The lowest BCUT2D eigenvalue weighted by atomic mass is 9.81. The van der Waals surface area contributed by atoms with Crippen LogP contribution in [0.3, 0.4) is 0 Å². The number of allylic oxidation sites excluding steroid dienone is 1. The third-order valence-corrected chi connectivity index (χ3v) is 8.21. The Morgan fingerprint density at radius 3 is 1.86 bits per heavy atom. The highest BCUT2D eigenvalue weighted by Gasteiger charge is 2.42. The molecule has 4 aromatic rings. The van der Waals surface area contributed by atoms with E-state index in [9.17, 15) is 0 Å². The first-order valence-corrected chi connectivity index (χ1v) is 15.4. The molecule has 2 aliphatic heterocycles. The number of hydrogen-bond donors (Lipinski definition) is 0. The Labute approximate surface area is 258 Å². The van der Waals surface area contributed by atoms with Gasteiger partial charge in [-0.1, -0.05) is 103 Å². The van der Waals surface area contributed by atoms with Crippen molar-refractivity contribution in [3.05, 3.63) is 132 Å². The van der Waals surface area contributed by atoms with Crippen molar-refractivity contribution in [1.29, 1.82) is 0 Å². The van der Waals surface area contributed by atoms with Crippen LogP contribution in [-0.2, 0) is 5.41 Å². The molecule has 7 rings (SSSR count). The molecule has 2 heterocycles. The van der Waals surface area contributed by atoms with Crippen LogP contribution < -0.4 is 18.6 Å². The summed E-state index contributed by atoms with van der Waals surface area (Å²) in [4.78, 5) is 0. The second-order valence-electron chi connectivity index (χ2n) is 11.2. The molecule has 220 valence electrons. The lowest BCUT2D eigenvalue weighted by molar-refractivity contribution is -2.00. The average molecular weight is 604 g/mol. The maximum absolute atomic E-state index is 8.49. The van der Waals surface area contributed by atoms with Gasteiger partial charge in [0.15, 0.2) is 5.71 Å². The molecule has 3 aliphatic rings. The lowest BCUT2D eigenvalue weighted by Crippen LogP contribution is -2.68. The highest BCUT2D eigenvalue weighted by molar-refractivity contribution is 6.14. The molecule has 0 unspecified atom stereocenters. The number of benzene rings is 4. The molecule has 7 heteroatoms. The largest absolute Gasteiger partial charge is 0.455 e. The van der Waals surface area contributed by atoms with Gasteiger partial charge in [-0.2, -0.15) is 4.58 Å². The number of hydrogen-bond acceptors (Lipinski definition) is 5. The molecule has 0 saturated heterocycles. The highest BCUT2D eigenvalue weighted by atomic mass is 35.7. The first kappa shape index (κ1) is 29.5. The first-order chi connectivity index (χ1) is 21.0. The van der Waals surface area contributed by atoms with E-state index in [1.54, 1.807) is 0 Å². The highest BCUT2D eigenvalue weighted by Crippen LogP contribution is 2.48. The van der Waals surface area contributed by atoms with Crippen LogP contribution in [0.2, 0.25) is 0 Å². The lowest BCUT2D eigenvalue weighted by Gasteiger charge is -2.17. The Hall–Kier alpha value is -4.56. The third-order valence-electron chi connectivity index (χ3n) is 8.21. The van der Waals surface area contributed by atoms with Gasteiger partial charge in [0, 0.05) is 34.4 Å². The Bertz CT molecular complexity index is 1980. The molecule has 0 bridgehead atoms. The summed E-state index contributed by atoms with van der Waals surface area (Å²) in [5.74, 6) is 1.79. The van der Waals surface area contributed by atoms with Crippen molar-refractivity contribution in [3.63, 3.8) is 0 Å². The van der Waals surface area contributed by atoms with Gasteiger partial charge in [0.2, 0.25) is 5.69 Å². The van der Waals surface area contributed by atoms with Crippen LogP contribution >= 0.6 is 0 Å². The van der Waals surface area contributed by atoms with Gasteiger partial charge in [0.05, 0.1) is 5.41 Å². The maximum atomic E-state index is 8.49. The number of fused-ring (bicyclic) bond motifs is 4. The van der Waals surface area contributed by atoms with Gasteiger partial charge in [0.25, 0.3) is 0 Å². The molecular formula is C37H30ClNO5. The maximum Gasteiger partial charge on any atom is 0.209 e. The van der Waals surface area contributed by atoms with Crippen molar-refractivity contribution >= 4 is 28.2 Å². The Balaban J connectivity index is 0.000000637. The molecule has 0 amide bonds. The topological polar surface area (TPSA) is 108 Å². The van der Waals surface area contributed by atoms with Crippen molar-refractivity contribution < 1.29 is 37.9 Å². The molecule has 0 atom stereocenters. The summed E-state index contributed by atoms with van der Waals surface area (Å²) in [5, 5.41) is 2.41. The molecule has 0 aromatic heterocycles. The van der Waals surface area contributed by atoms with E-state index in [4.69, 9.17) is 23.1 Å². The van der Waals surface area contributed by atoms with Gasteiger partial charge in [-0.25, -0.2) is 18.6 Å². The zero-order valence-electron chi connectivity index (χ0n) is 24.5. The van der Waals surface area contributed by atoms with Crippen LogP contribution in [0.4, 0.5) is 5.69 Å². The van der Waals surface area contributed by atoms with Crippen LogP contribution in [-0.4, -0.2) is 17.3 Å². The van der Waals surface area contributed by atoms with Crippen molar-refractivity contribution in [3.8, 4) is 33.8 Å². The van der Waals surface area contributed by atoms with E-state index in [-0.39, 0.29) is 5.41 Å². The summed E-state index contributed by atoms with van der Waals surface area (Å²) in [7, 11) is -2.78. The van der Waals surface area contributed by atoms with E-state index in [0.717, 1.165) is 28.2 Å². The second-order valence-corrected chi connectivity index (χ2v) is 12.0. The summed E-state index contributed by atoms with van der Waals surface area (Å²) in [6.07, 6.45) is 4.55. The normalized spacial score (nSPS) is 14.2. The van der Waals surface area contributed by atoms with E-state index >= 15 is 0 Å². The molecule has 44 heavy (non-hydrogen) atoms. The smallest absolute Gasteiger partial charge is 0.209 e. The molecule has 0 spiro atoms. The van der Waals surface area contributed by atoms with Gasteiger partial charge in [0.1, 0.15) is 18.6 Å². The Morgan fingerprint density at radius 2 is 1.23 bits per heavy atom. The average Bonchev–Trinajstić information content (AvgIpc) is 3.43. The van der Waals surface area contributed by atoms with Crippen molar-refractivity contribution in [2.24, 2.45) is 0 Å². The summed E-state index contributed by atoms with van der Waals surface area (Å²) >= 11 is 0. The number of halogens is 1. The number of para-hydroxylation sites is 1. The molecular weight excluding hydrogens is 574 g/mol. The van der Waals surface area contributed by atoms with Crippen molar-refractivity contribution in [2.75, 3.05) is 7.05 Å². The van der Waals surface area contributed by atoms with Crippen LogP contribution in [0.25, 0.3) is 50.6 Å². The molecule has 1 aliphatic carbocycles. The fraction of sp³-hybridized carbons (Fsp3) is 0.108. The summed E-state index contributed by atoms with van der Waals surface area (Å²) in [6, 6.07) is 40.6. The summed E-state index contributed by atoms with van der Waals surface area (Å²) in [6.45, 7) is 4.61. The van der Waals surface area contributed by atoms with E-state index < -0.39 is 10.2 Å². The zero-order valence-corrected chi connectivity index (χ0v) is 25.2. The minimum absolute atomic E-state index is 0.0957. The minimum Gasteiger partial charge on any atom is -0.455 e. The third kappa shape index (κ3) is 5.57. The summed E-state index contributed by atoms with van der Waals surface area (Å²) < 4.78 is 43.1. The van der Waals surface area contributed by atoms with E-state index in [2.05, 4.69) is 147 Å². The fourth-order valence-electron chi connectivity index (χ4n) is 6.25. The van der Waals surface area contributed by atoms with Crippen LogP contribution in [0.15, 0.2) is 126 Å². The molecule has 0 N–H and O–H groups in total. The van der Waals surface area contributed by atoms with Crippen LogP contribution in [0.5, 0.6) is 0 Å². The van der Waals surface area contributed by atoms with Gasteiger partial charge >= 0.3 is 0 Å². The van der Waals surface area contributed by atoms with E-state index in [0.29, 0.717) is 0 Å². The van der Waals surface area contributed by atoms with Gasteiger partial charge in [-0.15, -0.1) is 10.2 Å². The summed E-state index contributed by atoms with van der Waals surface area (Å²) in [5.41, 5.74) is 9.50. The second kappa shape index (κ2) is 11.5. The van der Waals surface area contributed by atoms with E-state index in [1.165, 1.54) is 38.9 Å². The Kier molecular flexibility index (Phi) is 7.72. The predicted molar refractivity (Wildman–Crippen MR) is 163 cm³/mol. The SMILES string of the molecule is C[N+]1=C(C=Cc2c3oc(-c4ccccc4)cc(-c4ccccc4)c-3c3ccccc23)C(C)(C)c2ccccc21.[O-][Cl+3]([O-])([O-])[O-]. The number of nitrogens with zero attached hydrogens (tertiary/aromatic N) is 1. The molecule has 6 nitrogen and oxygen atoms in total. The van der Waals surface area contributed by atoms with Gasteiger partial charge < -0.3 is 4.42 Å². The van der Waals surface area contributed by atoms with E-state index in [1.807, 2.05) is 6.07 Å². The molecule has 0 radical (unpaired) electrons. The molecule has 0 saturated carbocycles. The van der Waals surface area contributed by atoms with Gasteiger partial charge in [-0.3, -0.25) is 0 Å². The monoisotopic (exact) mass is 603 g/mol.